The van der Waals surface area contributed by atoms with E-state index in [1.165, 1.54) is 18.2 Å². The highest BCUT2D eigenvalue weighted by Gasteiger charge is 1.95. The van der Waals surface area contributed by atoms with E-state index in [0.717, 1.165) is 0 Å². The van der Waals surface area contributed by atoms with Crippen LogP contribution < -0.4 is 11.2 Å². The molecule has 0 aliphatic heterocycles. The lowest BCUT2D eigenvalue weighted by Crippen LogP contribution is -2.13. The Balaban J connectivity index is 3.09. The van der Waals surface area contributed by atoms with E-state index in [-0.39, 0.29) is 12.4 Å². The van der Waals surface area contributed by atoms with Gasteiger partial charge in [0.2, 0.25) is 0 Å². The second kappa shape index (κ2) is 2.84. The molecule has 2 N–H and O–H groups in total. The summed E-state index contributed by atoms with van der Waals surface area (Å²) in [7, 11) is 5.45. The molecule has 0 unspecified atom stereocenters. The SMILES string of the molecule is [B]c1ccc(F)cc1CN. The highest BCUT2D eigenvalue weighted by atomic mass is 19.1. The van der Waals surface area contributed by atoms with Gasteiger partial charge in [-0.2, -0.15) is 0 Å². The third-order valence-corrected chi connectivity index (χ3v) is 1.32. The molecule has 0 amide bonds. The highest BCUT2D eigenvalue weighted by molar-refractivity contribution is 6.33. The van der Waals surface area contributed by atoms with Crippen molar-refractivity contribution < 1.29 is 4.39 Å². The zero-order valence-electron chi connectivity index (χ0n) is 5.47. The van der Waals surface area contributed by atoms with Crippen LogP contribution in [0.25, 0.3) is 0 Å². The highest BCUT2D eigenvalue weighted by Crippen LogP contribution is 1.98. The largest absolute Gasteiger partial charge is 0.327 e. The first-order valence-corrected chi connectivity index (χ1v) is 2.98. The fourth-order valence-corrected chi connectivity index (χ4v) is 0.751. The minimum Gasteiger partial charge on any atom is -0.327 e. The van der Waals surface area contributed by atoms with Crippen molar-refractivity contribution in [2.75, 3.05) is 0 Å². The van der Waals surface area contributed by atoms with Crippen molar-refractivity contribution in [3.63, 3.8) is 0 Å². The molecule has 0 aromatic heterocycles. The molecule has 0 spiro atoms. The van der Waals surface area contributed by atoms with Crippen LogP contribution in [0.3, 0.4) is 0 Å². The summed E-state index contributed by atoms with van der Waals surface area (Å²) in [5.41, 5.74) is 6.47. The van der Waals surface area contributed by atoms with E-state index in [1.54, 1.807) is 0 Å². The number of hydrogen-bond acceptors (Lipinski definition) is 1. The average molecular weight is 135 g/mol. The van der Waals surface area contributed by atoms with Crippen LogP contribution in [0, 0.1) is 5.82 Å². The Kier molecular flexibility index (Phi) is 2.07. The van der Waals surface area contributed by atoms with E-state index in [2.05, 4.69) is 0 Å². The van der Waals surface area contributed by atoms with Gasteiger partial charge in [-0.25, -0.2) is 4.39 Å². The smallest absolute Gasteiger partial charge is 0.123 e. The summed E-state index contributed by atoms with van der Waals surface area (Å²) in [6, 6.07) is 4.17. The zero-order valence-corrected chi connectivity index (χ0v) is 5.47. The van der Waals surface area contributed by atoms with Crippen LogP contribution in [0.5, 0.6) is 0 Å². The Morgan fingerprint density at radius 3 is 2.70 bits per heavy atom. The standard InChI is InChI=1S/C7H7BFN/c8-7-2-1-6(9)3-5(7)4-10/h1-3H,4,10H2. The molecule has 0 saturated carbocycles. The molecule has 0 aliphatic rings. The normalized spacial score (nSPS) is 9.80. The maximum atomic E-state index is 12.4. The quantitative estimate of drug-likeness (QED) is 0.542. The van der Waals surface area contributed by atoms with Gasteiger partial charge >= 0.3 is 0 Å². The van der Waals surface area contributed by atoms with E-state index < -0.39 is 0 Å². The first-order chi connectivity index (χ1) is 4.74. The second-order valence-electron chi connectivity index (χ2n) is 2.05. The lowest BCUT2D eigenvalue weighted by atomic mass is 9.91. The number of hydrogen-bond donors (Lipinski definition) is 1. The van der Waals surface area contributed by atoms with Crippen molar-refractivity contribution in [1.82, 2.24) is 0 Å². The summed E-state index contributed by atoms with van der Waals surface area (Å²) >= 11 is 0. The summed E-state index contributed by atoms with van der Waals surface area (Å²) < 4.78 is 12.4. The Morgan fingerprint density at radius 1 is 1.50 bits per heavy atom. The van der Waals surface area contributed by atoms with Crippen LogP contribution in [0.1, 0.15) is 5.56 Å². The Morgan fingerprint density at radius 2 is 2.20 bits per heavy atom. The summed E-state index contributed by atoms with van der Waals surface area (Å²) in [6.45, 7) is 0.281. The van der Waals surface area contributed by atoms with Crippen LogP contribution in [0.4, 0.5) is 4.39 Å². The van der Waals surface area contributed by atoms with Gasteiger partial charge in [-0.1, -0.05) is 11.5 Å². The Labute approximate surface area is 60.5 Å². The molecular formula is C7H7BFN. The summed E-state index contributed by atoms with van der Waals surface area (Å²) in [4.78, 5) is 0. The van der Waals surface area contributed by atoms with Crippen LogP contribution in [-0.2, 0) is 6.54 Å². The molecule has 50 valence electrons. The van der Waals surface area contributed by atoms with E-state index >= 15 is 0 Å². The first-order valence-electron chi connectivity index (χ1n) is 2.98. The maximum absolute atomic E-state index is 12.4. The van der Waals surface area contributed by atoms with E-state index in [9.17, 15) is 4.39 Å². The van der Waals surface area contributed by atoms with Gasteiger partial charge in [-0.05, 0) is 17.7 Å². The van der Waals surface area contributed by atoms with Crippen LogP contribution in [-0.4, -0.2) is 7.85 Å². The molecule has 1 aromatic rings. The van der Waals surface area contributed by atoms with Gasteiger partial charge in [0.25, 0.3) is 0 Å². The minimum atomic E-state index is -0.297. The number of halogens is 1. The Hall–Kier alpha value is -0.825. The first kappa shape index (κ1) is 7.28. The molecule has 10 heavy (non-hydrogen) atoms. The topological polar surface area (TPSA) is 26.0 Å². The average Bonchev–Trinajstić information content (AvgIpc) is 1.94. The minimum absolute atomic E-state index is 0.281. The van der Waals surface area contributed by atoms with Crippen molar-refractivity contribution in [3.05, 3.63) is 29.6 Å². The van der Waals surface area contributed by atoms with Crippen molar-refractivity contribution in [2.45, 2.75) is 6.54 Å². The van der Waals surface area contributed by atoms with Crippen LogP contribution in [0.15, 0.2) is 18.2 Å². The third-order valence-electron chi connectivity index (χ3n) is 1.32. The van der Waals surface area contributed by atoms with Gasteiger partial charge in [-0.3, -0.25) is 0 Å². The third kappa shape index (κ3) is 1.36. The van der Waals surface area contributed by atoms with Gasteiger partial charge in [0.15, 0.2) is 0 Å². The second-order valence-corrected chi connectivity index (χ2v) is 2.05. The monoisotopic (exact) mass is 135 g/mol. The van der Waals surface area contributed by atoms with Crippen molar-refractivity contribution in [3.8, 4) is 0 Å². The molecule has 1 aromatic carbocycles. The van der Waals surface area contributed by atoms with Crippen molar-refractivity contribution in [1.29, 1.82) is 0 Å². The molecular weight excluding hydrogens is 128 g/mol. The number of nitrogens with two attached hydrogens (primary N) is 1. The molecule has 0 aliphatic carbocycles. The summed E-state index contributed by atoms with van der Waals surface area (Å²) in [5.74, 6) is -0.297. The molecule has 1 rings (SSSR count). The molecule has 0 heterocycles. The van der Waals surface area contributed by atoms with Crippen molar-refractivity contribution >= 4 is 13.3 Å². The predicted octanol–water partition coefficient (Wildman–Crippen LogP) is 0.0782. The molecule has 1 nitrogen and oxygen atoms in total. The fourth-order valence-electron chi connectivity index (χ4n) is 0.751. The number of rotatable bonds is 1. The molecule has 2 radical (unpaired) electrons. The van der Waals surface area contributed by atoms with Gasteiger partial charge in [0, 0.05) is 6.54 Å². The van der Waals surface area contributed by atoms with Gasteiger partial charge < -0.3 is 5.73 Å². The summed E-state index contributed by atoms with van der Waals surface area (Å²) in [5, 5.41) is 0. The van der Waals surface area contributed by atoms with Gasteiger partial charge in [0.05, 0.1) is 0 Å². The molecule has 0 fully saturated rings. The lowest BCUT2D eigenvalue weighted by molar-refractivity contribution is 0.626. The molecule has 0 bridgehead atoms. The summed E-state index contributed by atoms with van der Waals surface area (Å²) in [6.07, 6.45) is 0. The predicted molar refractivity (Wildman–Crippen MR) is 39.7 cm³/mol. The van der Waals surface area contributed by atoms with E-state index in [0.29, 0.717) is 11.0 Å². The fraction of sp³-hybridized carbons (Fsp3) is 0.143. The van der Waals surface area contributed by atoms with Crippen LogP contribution in [0.2, 0.25) is 0 Å². The zero-order chi connectivity index (χ0) is 7.56. The maximum Gasteiger partial charge on any atom is 0.123 e. The molecule has 0 atom stereocenters. The Bertz CT molecular complexity index is 237. The molecule has 3 heteroatoms. The lowest BCUT2D eigenvalue weighted by Gasteiger charge is -2.00. The van der Waals surface area contributed by atoms with Crippen molar-refractivity contribution in [2.24, 2.45) is 5.73 Å². The number of benzene rings is 1. The molecule has 0 saturated heterocycles. The van der Waals surface area contributed by atoms with E-state index in [4.69, 9.17) is 13.6 Å². The van der Waals surface area contributed by atoms with Crippen LogP contribution >= 0.6 is 0 Å². The van der Waals surface area contributed by atoms with Gasteiger partial charge in [-0.15, -0.1) is 0 Å². The van der Waals surface area contributed by atoms with Gasteiger partial charge in [0.1, 0.15) is 13.7 Å². The van der Waals surface area contributed by atoms with E-state index in [1.807, 2.05) is 0 Å².